The molecule has 1 N–H and O–H groups in total. The quantitative estimate of drug-likeness (QED) is 0.825. The average molecular weight is 312 g/mol. The summed E-state index contributed by atoms with van der Waals surface area (Å²) in [7, 11) is 0. The maximum Gasteiger partial charge on any atom is 0.183 e. The highest BCUT2D eigenvalue weighted by atomic mass is 16.1. The summed E-state index contributed by atoms with van der Waals surface area (Å²) in [6.45, 7) is 15.0. The van der Waals surface area contributed by atoms with Gasteiger partial charge in [-0.3, -0.25) is 4.79 Å². The lowest BCUT2D eigenvalue weighted by Crippen LogP contribution is -2.25. The summed E-state index contributed by atoms with van der Waals surface area (Å²) in [5, 5.41) is 3.32. The largest absolute Gasteiger partial charge is 0.377 e. The molecule has 0 spiro atoms. The number of anilines is 1. The van der Waals surface area contributed by atoms with Gasteiger partial charge < -0.3 is 9.88 Å². The zero-order valence-electron chi connectivity index (χ0n) is 15.4. The molecule has 2 rings (SSSR count). The molecule has 1 aromatic carbocycles. The highest BCUT2D eigenvalue weighted by Crippen LogP contribution is 2.25. The SMILES string of the molecule is Cc1cccc(C)c1NCC(=O)c1cc(C)n(C(C)(C)C)c1C. The first-order valence-electron chi connectivity index (χ1n) is 8.15. The number of aryl methyl sites for hydroxylation is 3. The number of Topliss-reactive ketones (excluding diaryl/α,β-unsaturated/α-hetero) is 1. The van der Waals surface area contributed by atoms with Gasteiger partial charge in [0, 0.05) is 28.2 Å². The third kappa shape index (κ3) is 3.49. The molecule has 0 bridgehead atoms. The van der Waals surface area contributed by atoms with Crippen molar-refractivity contribution in [3.8, 4) is 0 Å². The molecule has 0 aliphatic rings. The Kier molecular flexibility index (Phi) is 4.69. The van der Waals surface area contributed by atoms with Crippen LogP contribution < -0.4 is 5.32 Å². The van der Waals surface area contributed by atoms with E-state index in [0.29, 0.717) is 6.54 Å². The fourth-order valence-corrected chi connectivity index (χ4v) is 3.43. The molecule has 0 amide bonds. The second-order valence-corrected chi connectivity index (χ2v) is 7.33. The number of nitrogens with zero attached hydrogens (tertiary/aromatic N) is 1. The predicted molar refractivity (Wildman–Crippen MR) is 97.6 cm³/mol. The normalized spacial score (nSPS) is 11.6. The van der Waals surface area contributed by atoms with Gasteiger partial charge in [-0.15, -0.1) is 0 Å². The van der Waals surface area contributed by atoms with Crippen LogP contribution in [0.1, 0.15) is 53.6 Å². The van der Waals surface area contributed by atoms with Crippen molar-refractivity contribution in [1.29, 1.82) is 0 Å². The first-order chi connectivity index (χ1) is 10.6. The van der Waals surface area contributed by atoms with E-state index >= 15 is 0 Å². The number of aromatic nitrogens is 1. The average Bonchev–Trinajstić information content (AvgIpc) is 2.72. The lowest BCUT2D eigenvalue weighted by atomic mass is 10.1. The number of nitrogens with one attached hydrogen (secondary N) is 1. The van der Waals surface area contributed by atoms with Gasteiger partial charge in [0.05, 0.1) is 6.54 Å². The second kappa shape index (κ2) is 6.23. The van der Waals surface area contributed by atoms with E-state index in [0.717, 1.165) is 33.8 Å². The first-order valence-corrected chi connectivity index (χ1v) is 8.15. The van der Waals surface area contributed by atoms with Crippen molar-refractivity contribution in [2.75, 3.05) is 11.9 Å². The number of hydrogen-bond acceptors (Lipinski definition) is 2. The molecule has 3 heteroatoms. The van der Waals surface area contributed by atoms with Crippen molar-refractivity contribution >= 4 is 11.5 Å². The van der Waals surface area contributed by atoms with Gasteiger partial charge in [0.25, 0.3) is 0 Å². The molecular formula is C20H28N2O. The van der Waals surface area contributed by atoms with Crippen molar-refractivity contribution in [2.24, 2.45) is 0 Å². The van der Waals surface area contributed by atoms with Crippen LogP contribution in [0.25, 0.3) is 0 Å². The highest BCUT2D eigenvalue weighted by molar-refractivity contribution is 6.00. The van der Waals surface area contributed by atoms with Gasteiger partial charge in [-0.2, -0.15) is 0 Å². The van der Waals surface area contributed by atoms with Crippen molar-refractivity contribution in [3.05, 3.63) is 52.3 Å². The van der Waals surface area contributed by atoms with Gasteiger partial charge in [-0.05, 0) is 65.7 Å². The highest BCUT2D eigenvalue weighted by Gasteiger charge is 2.22. The molecular weight excluding hydrogens is 284 g/mol. The van der Waals surface area contributed by atoms with Crippen LogP contribution in [0, 0.1) is 27.7 Å². The third-order valence-corrected chi connectivity index (χ3v) is 4.31. The van der Waals surface area contributed by atoms with Gasteiger partial charge in [-0.1, -0.05) is 18.2 Å². The van der Waals surface area contributed by atoms with Crippen LogP contribution in [0.2, 0.25) is 0 Å². The van der Waals surface area contributed by atoms with Crippen LogP contribution in [-0.4, -0.2) is 16.9 Å². The minimum atomic E-state index is -0.0211. The first kappa shape index (κ1) is 17.3. The number of carbonyl (C=O) groups is 1. The second-order valence-electron chi connectivity index (χ2n) is 7.33. The summed E-state index contributed by atoms with van der Waals surface area (Å²) in [5.41, 5.74) is 6.36. The minimum Gasteiger partial charge on any atom is -0.377 e. The van der Waals surface area contributed by atoms with Gasteiger partial charge in [0.2, 0.25) is 0 Å². The predicted octanol–water partition coefficient (Wildman–Crippen LogP) is 4.77. The maximum atomic E-state index is 12.7. The minimum absolute atomic E-state index is 0.0211. The van der Waals surface area contributed by atoms with Crippen LogP contribution >= 0.6 is 0 Å². The Morgan fingerprint density at radius 3 is 2.13 bits per heavy atom. The van der Waals surface area contributed by atoms with Gasteiger partial charge in [0.15, 0.2) is 5.78 Å². The molecule has 2 aromatic rings. The van der Waals surface area contributed by atoms with Crippen LogP contribution in [0.15, 0.2) is 24.3 Å². The maximum absolute atomic E-state index is 12.7. The number of carbonyl (C=O) groups excluding carboxylic acids is 1. The molecule has 1 heterocycles. The van der Waals surface area contributed by atoms with Crippen molar-refractivity contribution in [2.45, 2.75) is 54.0 Å². The van der Waals surface area contributed by atoms with E-state index in [1.54, 1.807) is 0 Å². The van der Waals surface area contributed by atoms with Crippen molar-refractivity contribution < 1.29 is 4.79 Å². The summed E-state index contributed by atoms with van der Waals surface area (Å²) < 4.78 is 2.24. The van der Waals surface area contributed by atoms with Crippen molar-refractivity contribution in [3.63, 3.8) is 0 Å². The van der Waals surface area contributed by atoms with Crippen LogP contribution in [0.5, 0.6) is 0 Å². The number of hydrogen-bond donors (Lipinski definition) is 1. The third-order valence-electron chi connectivity index (χ3n) is 4.31. The molecule has 23 heavy (non-hydrogen) atoms. The van der Waals surface area contributed by atoms with E-state index in [1.165, 1.54) is 0 Å². The molecule has 1 aromatic heterocycles. The van der Waals surface area contributed by atoms with E-state index in [9.17, 15) is 4.79 Å². The van der Waals surface area contributed by atoms with Crippen LogP contribution in [0.4, 0.5) is 5.69 Å². The van der Waals surface area contributed by atoms with Crippen LogP contribution in [0.3, 0.4) is 0 Å². The fourth-order valence-electron chi connectivity index (χ4n) is 3.43. The standard InChI is InChI=1S/C20H28N2O/c1-13-9-8-10-14(2)19(13)21-12-18(23)17-11-15(3)22(16(17)4)20(5,6)7/h8-11,21H,12H2,1-7H3. The zero-order valence-corrected chi connectivity index (χ0v) is 15.4. The van der Waals surface area contributed by atoms with E-state index in [4.69, 9.17) is 0 Å². The Balaban J connectivity index is 2.23. The Morgan fingerprint density at radius 1 is 1.09 bits per heavy atom. The fraction of sp³-hybridized carbons (Fsp3) is 0.450. The summed E-state index contributed by atoms with van der Waals surface area (Å²) in [4.78, 5) is 12.7. The van der Waals surface area contributed by atoms with Gasteiger partial charge >= 0.3 is 0 Å². The molecule has 0 saturated heterocycles. The molecule has 0 saturated carbocycles. The van der Waals surface area contributed by atoms with Gasteiger partial charge in [-0.25, -0.2) is 0 Å². The smallest absolute Gasteiger partial charge is 0.183 e. The summed E-state index contributed by atoms with van der Waals surface area (Å²) in [6, 6.07) is 8.17. The molecule has 3 nitrogen and oxygen atoms in total. The zero-order chi connectivity index (χ0) is 17.4. The number of rotatable bonds is 4. The molecule has 0 atom stereocenters. The number of para-hydroxylation sites is 1. The monoisotopic (exact) mass is 312 g/mol. The Hall–Kier alpha value is -2.03. The molecule has 0 unspecified atom stereocenters. The number of ketones is 1. The summed E-state index contributed by atoms with van der Waals surface area (Å²) in [5.74, 6) is 0.135. The van der Waals surface area contributed by atoms with E-state index in [1.807, 2.05) is 19.1 Å². The Labute approximate surface area is 139 Å². The van der Waals surface area contributed by atoms with Crippen LogP contribution in [-0.2, 0) is 5.54 Å². The van der Waals surface area contributed by atoms with E-state index < -0.39 is 0 Å². The Bertz CT molecular complexity index is 713. The molecule has 124 valence electrons. The molecule has 0 fully saturated rings. The van der Waals surface area contributed by atoms with Gasteiger partial charge in [0.1, 0.15) is 0 Å². The molecule has 0 aliphatic carbocycles. The van der Waals surface area contributed by atoms with Crippen molar-refractivity contribution in [1.82, 2.24) is 4.57 Å². The number of benzene rings is 1. The van der Waals surface area contributed by atoms with E-state index in [2.05, 4.69) is 63.6 Å². The lowest BCUT2D eigenvalue weighted by molar-refractivity contribution is 0.101. The lowest BCUT2D eigenvalue weighted by Gasteiger charge is -2.25. The Morgan fingerprint density at radius 2 is 1.65 bits per heavy atom. The molecule has 0 aliphatic heterocycles. The molecule has 0 radical (unpaired) electrons. The summed E-state index contributed by atoms with van der Waals surface area (Å²) in [6.07, 6.45) is 0. The summed E-state index contributed by atoms with van der Waals surface area (Å²) >= 11 is 0. The topological polar surface area (TPSA) is 34.0 Å². The van der Waals surface area contributed by atoms with E-state index in [-0.39, 0.29) is 11.3 Å².